The molecule has 2 aromatic rings. The molecule has 1 aromatic carbocycles. The molecular weight excluding hydrogens is 261 g/mol. The summed E-state index contributed by atoms with van der Waals surface area (Å²) in [5, 5.41) is 2.09. The van der Waals surface area contributed by atoms with Crippen LogP contribution in [0.3, 0.4) is 0 Å². The largest absolute Gasteiger partial charge is 0.357 e. The number of fused-ring (bicyclic) bond motifs is 3. The van der Waals surface area contributed by atoms with Gasteiger partial charge in [0.2, 0.25) is 0 Å². The van der Waals surface area contributed by atoms with Crippen LogP contribution in [-0.2, 0) is 12.8 Å². The fourth-order valence-corrected chi connectivity index (χ4v) is 3.18. The number of aryl methyl sites for hydroxylation is 2. The van der Waals surface area contributed by atoms with Gasteiger partial charge in [0.05, 0.1) is 5.52 Å². The van der Waals surface area contributed by atoms with E-state index in [2.05, 4.69) is 27.0 Å². The summed E-state index contributed by atoms with van der Waals surface area (Å²) in [6.45, 7) is 0. The Morgan fingerprint density at radius 2 is 2.14 bits per heavy atom. The van der Waals surface area contributed by atoms with E-state index in [4.69, 9.17) is 11.6 Å². The van der Waals surface area contributed by atoms with Gasteiger partial charge in [-0.3, -0.25) is 0 Å². The van der Waals surface area contributed by atoms with Crippen LogP contribution >= 0.6 is 27.5 Å². The van der Waals surface area contributed by atoms with Crippen LogP contribution < -0.4 is 0 Å². The summed E-state index contributed by atoms with van der Waals surface area (Å²) >= 11 is 9.57. The predicted octanol–water partition coefficient (Wildman–Crippen LogP) is 4.07. The normalized spacial score (nSPS) is 15.0. The third-order valence-corrected chi connectivity index (χ3v) is 3.72. The fraction of sp³-hybridized carbons (Fsp3) is 0.273. The summed E-state index contributed by atoms with van der Waals surface area (Å²) < 4.78 is 1.06. The first kappa shape index (κ1) is 8.81. The monoisotopic (exact) mass is 269 g/mol. The number of halogens is 2. The number of H-pyrrole nitrogens is 1. The number of hydrogen-bond acceptors (Lipinski definition) is 0. The van der Waals surface area contributed by atoms with Gasteiger partial charge in [0.15, 0.2) is 0 Å². The molecule has 3 rings (SSSR count). The smallest absolute Gasteiger partial charge is 0.0604 e. The van der Waals surface area contributed by atoms with Crippen LogP contribution in [0.2, 0.25) is 5.02 Å². The van der Waals surface area contributed by atoms with Gasteiger partial charge in [-0.2, -0.15) is 0 Å². The topological polar surface area (TPSA) is 15.8 Å². The van der Waals surface area contributed by atoms with Crippen molar-refractivity contribution in [3.8, 4) is 0 Å². The van der Waals surface area contributed by atoms with E-state index < -0.39 is 0 Å². The lowest BCUT2D eigenvalue weighted by Crippen LogP contribution is -1.78. The molecule has 1 aliphatic rings. The average Bonchev–Trinajstić information content (AvgIpc) is 2.65. The van der Waals surface area contributed by atoms with Crippen molar-refractivity contribution in [2.24, 2.45) is 0 Å². The number of benzene rings is 1. The van der Waals surface area contributed by atoms with Crippen molar-refractivity contribution >= 4 is 38.4 Å². The van der Waals surface area contributed by atoms with Gasteiger partial charge in [0, 0.05) is 20.6 Å². The lowest BCUT2D eigenvalue weighted by molar-refractivity contribution is 0.899. The highest BCUT2D eigenvalue weighted by molar-refractivity contribution is 9.10. The van der Waals surface area contributed by atoms with Gasteiger partial charge in [0.1, 0.15) is 0 Å². The minimum atomic E-state index is 0.804. The summed E-state index contributed by atoms with van der Waals surface area (Å²) in [6.07, 6.45) is 3.62. The summed E-state index contributed by atoms with van der Waals surface area (Å²) in [5.74, 6) is 0. The molecule has 0 aliphatic heterocycles. The molecule has 0 radical (unpaired) electrons. The van der Waals surface area contributed by atoms with Crippen molar-refractivity contribution in [1.29, 1.82) is 0 Å². The van der Waals surface area contributed by atoms with Crippen LogP contribution in [0.1, 0.15) is 17.7 Å². The summed E-state index contributed by atoms with van der Waals surface area (Å²) in [5.41, 5.74) is 4.05. The van der Waals surface area contributed by atoms with Crippen molar-refractivity contribution in [1.82, 2.24) is 4.98 Å². The van der Waals surface area contributed by atoms with Crippen LogP contribution in [0.4, 0.5) is 0 Å². The van der Waals surface area contributed by atoms with Crippen molar-refractivity contribution in [2.75, 3.05) is 0 Å². The zero-order chi connectivity index (χ0) is 9.71. The predicted molar refractivity (Wildman–Crippen MR) is 63.0 cm³/mol. The number of aromatic nitrogens is 1. The molecule has 72 valence electrons. The number of nitrogens with one attached hydrogen (secondary N) is 1. The second kappa shape index (κ2) is 3.01. The molecule has 0 saturated heterocycles. The molecule has 0 saturated carbocycles. The molecular formula is C11H9BrClN. The Kier molecular flexibility index (Phi) is 1.89. The molecule has 1 N–H and O–H groups in total. The molecule has 0 bridgehead atoms. The Morgan fingerprint density at radius 1 is 1.29 bits per heavy atom. The molecule has 1 heterocycles. The standard InChI is InChI=1S/C11H9BrClN/c12-9-5-6(13)4-8-7-2-1-3-10(7)14-11(8)9/h4-5,14H,1-3H2. The fourth-order valence-electron chi connectivity index (χ4n) is 2.27. The molecule has 1 nitrogen and oxygen atoms in total. The Hall–Kier alpha value is -0.470. The third-order valence-electron chi connectivity index (χ3n) is 2.87. The maximum atomic E-state index is 6.04. The van der Waals surface area contributed by atoms with E-state index in [9.17, 15) is 0 Å². The summed E-state index contributed by atoms with van der Waals surface area (Å²) in [6, 6.07) is 4.00. The van der Waals surface area contributed by atoms with Gasteiger partial charge < -0.3 is 4.98 Å². The van der Waals surface area contributed by atoms with E-state index in [0.29, 0.717) is 0 Å². The van der Waals surface area contributed by atoms with Crippen LogP contribution in [0.5, 0.6) is 0 Å². The van der Waals surface area contributed by atoms with E-state index in [-0.39, 0.29) is 0 Å². The molecule has 0 amide bonds. The van der Waals surface area contributed by atoms with Gasteiger partial charge in [0.25, 0.3) is 0 Å². The van der Waals surface area contributed by atoms with Crippen molar-refractivity contribution < 1.29 is 0 Å². The Balaban J connectivity index is 2.43. The minimum Gasteiger partial charge on any atom is -0.357 e. The zero-order valence-electron chi connectivity index (χ0n) is 7.53. The van der Waals surface area contributed by atoms with Crippen molar-refractivity contribution in [2.45, 2.75) is 19.3 Å². The second-order valence-corrected chi connectivity index (χ2v) is 5.04. The first-order valence-electron chi connectivity index (χ1n) is 4.74. The lowest BCUT2D eigenvalue weighted by Gasteiger charge is -1.98. The quantitative estimate of drug-likeness (QED) is 0.743. The second-order valence-electron chi connectivity index (χ2n) is 3.75. The number of hydrogen-bond donors (Lipinski definition) is 1. The van der Waals surface area contributed by atoms with E-state index in [1.807, 2.05) is 6.07 Å². The van der Waals surface area contributed by atoms with Gasteiger partial charge in [-0.15, -0.1) is 0 Å². The molecule has 1 aromatic heterocycles. The first-order valence-corrected chi connectivity index (χ1v) is 5.91. The maximum absolute atomic E-state index is 6.04. The van der Waals surface area contributed by atoms with E-state index >= 15 is 0 Å². The van der Waals surface area contributed by atoms with E-state index in [1.165, 1.54) is 41.4 Å². The van der Waals surface area contributed by atoms with E-state index in [0.717, 1.165) is 9.50 Å². The number of aromatic amines is 1. The molecule has 14 heavy (non-hydrogen) atoms. The zero-order valence-corrected chi connectivity index (χ0v) is 9.87. The highest BCUT2D eigenvalue weighted by Crippen LogP contribution is 2.35. The van der Waals surface area contributed by atoms with Crippen LogP contribution in [-0.4, -0.2) is 4.98 Å². The minimum absolute atomic E-state index is 0.804. The Morgan fingerprint density at radius 3 is 3.00 bits per heavy atom. The Labute approximate surface area is 95.6 Å². The van der Waals surface area contributed by atoms with Crippen LogP contribution in [0.25, 0.3) is 10.9 Å². The SMILES string of the molecule is Clc1cc(Br)c2[nH]c3c(c2c1)CCC3. The molecule has 0 atom stereocenters. The number of rotatable bonds is 0. The third kappa shape index (κ3) is 1.14. The van der Waals surface area contributed by atoms with Gasteiger partial charge in [-0.05, 0) is 52.9 Å². The molecule has 0 spiro atoms. The lowest BCUT2D eigenvalue weighted by atomic mass is 10.1. The maximum Gasteiger partial charge on any atom is 0.0604 e. The average molecular weight is 271 g/mol. The van der Waals surface area contributed by atoms with E-state index in [1.54, 1.807) is 0 Å². The van der Waals surface area contributed by atoms with Crippen molar-refractivity contribution in [3.05, 3.63) is 32.9 Å². The summed E-state index contributed by atoms with van der Waals surface area (Å²) in [7, 11) is 0. The molecule has 1 aliphatic carbocycles. The highest BCUT2D eigenvalue weighted by atomic mass is 79.9. The highest BCUT2D eigenvalue weighted by Gasteiger charge is 2.18. The van der Waals surface area contributed by atoms with Crippen LogP contribution in [0, 0.1) is 0 Å². The van der Waals surface area contributed by atoms with Crippen molar-refractivity contribution in [3.63, 3.8) is 0 Å². The summed E-state index contributed by atoms with van der Waals surface area (Å²) in [4.78, 5) is 3.47. The molecule has 0 unspecified atom stereocenters. The molecule has 0 fully saturated rings. The first-order chi connectivity index (χ1) is 6.75. The Bertz CT molecular complexity index is 515. The van der Waals surface area contributed by atoms with Gasteiger partial charge >= 0.3 is 0 Å². The molecule has 3 heteroatoms. The van der Waals surface area contributed by atoms with Crippen LogP contribution in [0.15, 0.2) is 16.6 Å². The van der Waals surface area contributed by atoms with Gasteiger partial charge in [-0.1, -0.05) is 11.6 Å². The van der Waals surface area contributed by atoms with Gasteiger partial charge in [-0.25, -0.2) is 0 Å².